The van der Waals surface area contributed by atoms with E-state index in [1.54, 1.807) is 14.2 Å². The van der Waals surface area contributed by atoms with Crippen molar-refractivity contribution in [1.82, 2.24) is 5.32 Å². The van der Waals surface area contributed by atoms with Crippen LogP contribution in [-0.2, 0) is 6.42 Å². The molecule has 3 N–H and O–H groups in total. The molecule has 0 heterocycles. The van der Waals surface area contributed by atoms with Crippen molar-refractivity contribution in [2.24, 2.45) is 5.73 Å². The normalized spacial score (nSPS) is 14.1. The van der Waals surface area contributed by atoms with Gasteiger partial charge in [-0.25, -0.2) is 0 Å². The molecule has 0 saturated heterocycles. The van der Waals surface area contributed by atoms with Crippen LogP contribution in [0.3, 0.4) is 0 Å². The monoisotopic (exact) mass is 252 g/mol. The third kappa shape index (κ3) is 3.62. The smallest absolute Gasteiger partial charge is 0.160 e. The molecule has 0 saturated carbocycles. The largest absolute Gasteiger partial charge is 0.493 e. The first-order valence-electron chi connectivity index (χ1n) is 6.24. The first kappa shape index (κ1) is 14.8. The fourth-order valence-electron chi connectivity index (χ4n) is 2.07. The van der Waals surface area contributed by atoms with Gasteiger partial charge in [0.1, 0.15) is 0 Å². The first-order valence-corrected chi connectivity index (χ1v) is 6.24. The standard InChI is InChI=1S/C14H24N2O2/c1-5-16-14(2,10-15)9-11-6-7-12(17-3)13(8-11)18-4/h6-8,16H,5,9-10,15H2,1-4H3. The number of nitrogens with one attached hydrogen (secondary N) is 1. The Labute approximate surface area is 109 Å². The zero-order chi connectivity index (χ0) is 13.6. The van der Waals surface area contributed by atoms with Crippen LogP contribution in [0.5, 0.6) is 11.5 Å². The quantitative estimate of drug-likeness (QED) is 0.773. The maximum Gasteiger partial charge on any atom is 0.160 e. The molecule has 102 valence electrons. The minimum Gasteiger partial charge on any atom is -0.493 e. The van der Waals surface area contributed by atoms with E-state index in [1.807, 2.05) is 18.2 Å². The van der Waals surface area contributed by atoms with Crippen LogP contribution in [0.15, 0.2) is 18.2 Å². The topological polar surface area (TPSA) is 56.5 Å². The third-order valence-corrected chi connectivity index (χ3v) is 3.10. The summed E-state index contributed by atoms with van der Waals surface area (Å²) in [5.41, 5.74) is 6.94. The molecule has 0 aromatic heterocycles. The van der Waals surface area contributed by atoms with E-state index in [2.05, 4.69) is 19.2 Å². The molecule has 0 amide bonds. The molecule has 0 fully saturated rings. The second kappa shape index (κ2) is 6.61. The van der Waals surface area contributed by atoms with Gasteiger partial charge < -0.3 is 20.5 Å². The summed E-state index contributed by atoms with van der Waals surface area (Å²) < 4.78 is 10.5. The second-order valence-electron chi connectivity index (χ2n) is 4.66. The van der Waals surface area contributed by atoms with Crippen LogP contribution in [0, 0.1) is 0 Å². The molecule has 4 heteroatoms. The highest BCUT2D eigenvalue weighted by atomic mass is 16.5. The minimum absolute atomic E-state index is 0.0889. The summed E-state index contributed by atoms with van der Waals surface area (Å²) >= 11 is 0. The molecule has 1 aromatic carbocycles. The van der Waals surface area contributed by atoms with Gasteiger partial charge in [0.15, 0.2) is 11.5 Å². The van der Waals surface area contributed by atoms with Gasteiger partial charge in [0.05, 0.1) is 14.2 Å². The molecular weight excluding hydrogens is 228 g/mol. The molecular formula is C14H24N2O2. The highest BCUT2D eigenvalue weighted by molar-refractivity contribution is 5.43. The van der Waals surface area contributed by atoms with Gasteiger partial charge >= 0.3 is 0 Å². The molecule has 18 heavy (non-hydrogen) atoms. The number of ether oxygens (including phenoxy) is 2. The zero-order valence-corrected chi connectivity index (χ0v) is 11.7. The second-order valence-corrected chi connectivity index (χ2v) is 4.66. The van der Waals surface area contributed by atoms with Crippen molar-refractivity contribution in [1.29, 1.82) is 0 Å². The van der Waals surface area contributed by atoms with Crippen LogP contribution in [0.4, 0.5) is 0 Å². The van der Waals surface area contributed by atoms with E-state index in [0.717, 1.165) is 24.5 Å². The maximum atomic E-state index is 5.85. The van der Waals surface area contributed by atoms with E-state index >= 15 is 0 Å². The SMILES string of the molecule is CCNC(C)(CN)Cc1ccc(OC)c(OC)c1. The molecule has 0 aliphatic rings. The van der Waals surface area contributed by atoms with Gasteiger partial charge in [-0.3, -0.25) is 0 Å². The average Bonchev–Trinajstić information content (AvgIpc) is 2.38. The average molecular weight is 252 g/mol. The van der Waals surface area contributed by atoms with E-state index in [0.29, 0.717) is 6.54 Å². The zero-order valence-electron chi connectivity index (χ0n) is 11.7. The molecule has 1 unspecified atom stereocenters. The Morgan fingerprint density at radius 2 is 1.89 bits per heavy atom. The molecule has 0 spiro atoms. The lowest BCUT2D eigenvalue weighted by atomic mass is 9.92. The van der Waals surface area contributed by atoms with Crippen LogP contribution < -0.4 is 20.5 Å². The Morgan fingerprint density at radius 1 is 1.22 bits per heavy atom. The van der Waals surface area contributed by atoms with E-state index in [9.17, 15) is 0 Å². The molecule has 4 nitrogen and oxygen atoms in total. The summed E-state index contributed by atoms with van der Waals surface area (Å²) in [5, 5.41) is 3.43. The predicted molar refractivity (Wildman–Crippen MR) is 74.4 cm³/mol. The third-order valence-electron chi connectivity index (χ3n) is 3.10. The van der Waals surface area contributed by atoms with E-state index in [1.165, 1.54) is 5.56 Å². The molecule has 0 bridgehead atoms. The Kier molecular flexibility index (Phi) is 5.44. The number of hydrogen-bond donors (Lipinski definition) is 2. The van der Waals surface area contributed by atoms with Crippen molar-refractivity contribution in [2.75, 3.05) is 27.3 Å². The van der Waals surface area contributed by atoms with Gasteiger partial charge in [0.25, 0.3) is 0 Å². The first-order chi connectivity index (χ1) is 8.58. The summed E-state index contributed by atoms with van der Waals surface area (Å²) in [5.74, 6) is 1.50. The highest BCUT2D eigenvalue weighted by Crippen LogP contribution is 2.28. The molecule has 0 radical (unpaired) electrons. The van der Waals surface area contributed by atoms with Crippen molar-refractivity contribution < 1.29 is 9.47 Å². The summed E-state index contributed by atoms with van der Waals surface area (Å²) in [7, 11) is 3.29. The predicted octanol–water partition coefficient (Wildman–Crippen LogP) is 1.57. The lowest BCUT2D eigenvalue weighted by Crippen LogP contribution is -2.50. The van der Waals surface area contributed by atoms with E-state index in [-0.39, 0.29) is 5.54 Å². The van der Waals surface area contributed by atoms with Crippen LogP contribution in [0.25, 0.3) is 0 Å². The van der Waals surface area contributed by atoms with Gasteiger partial charge in [0.2, 0.25) is 0 Å². The summed E-state index contributed by atoms with van der Waals surface area (Å²) in [6.07, 6.45) is 0.859. The van der Waals surface area contributed by atoms with Crippen LogP contribution in [0.1, 0.15) is 19.4 Å². The van der Waals surface area contributed by atoms with E-state index in [4.69, 9.17) is 15.2 Å². The van der Waals surface area contributed by atoms with Crippen molar-refractivity contribution >= 4 is 0 Å². The Bertz CT molecular complexity index is 382. The fourth-order valence-corrected chi connectivity index (χ4v) is 2.07. The Morgan fingerprint density at radius 3 is 2.39 bits per heavy atom. The summed E-state index contributed by atoms with van der Waals surface area (Å²) in [4.78, 5) is 0. The summed E-state index contributed by atoms with van der Waals surface area (Å²) in [6, 6.07) is 5.98. The number of hydrogen-bond acceptors (Lipinski definition) is 4. The molecule has 0 aliphatic heterocycles. The molecule has 0 aliphatic carbocycles. The fraction of sp³-hybridized carbons (Fsp3) is 0.571. The highest BCUT2D eigenvalue weighted by Gasteiger charge is 2.22. The molecule has 1 atom stereocenters. The lowest BCUT2D eigenvalue weighted by Gasteiger charge is -2.29. The number of nitrogens with two attached hydrogens (primary N) is 1. The van der Waals surface area contributed by atoms with Crippen LogP contribution >= 0.6 is 0 Å². The van der Waals surface area contributed by atoms with Gasteiger partial charge in [-0.1, -0.05) is 13.0 Å². The van der Waals surface area contributed by atoms with E-state index < -0.39 is 0 Å². The van der Waals surface area contributed by atoms with Gasteiger partial charge in [0, 0.05) is 12.1 Å². The van der Waals surface area contributed by atoms with Crippen molar-refractivity contribution in [3.05, 3.63) is 23.8 Å². The van der Waals surface area contributed by atoms with Crippen LogP contribution in [0.2, 0.25) is 0 Å². The number of rotatable bonds is 7. The molecule has 1 rings (SSSR count). The lowest BCUT2D eigenvalue weighted by molar-refractivity contribution is 0.350. The Balaban J connectivity index is 2.90. The van der Waals surface area contributed by atoms with Gasteiger partial charge in [-0.05, 0) is 37.6 Å². The van der Waals surface area contributed by atoms with Crippen molar-refractivity contribution in [2.45, 2.75) is 25.8 Å². The van der Waals surface area contributed by atoms with Gasteiger partial charge in [-0.15, -0.1) is 0 Å². The number of methoxy groups -OCH3 is 2. The number of benzene rings is 1. The van der Waals surface area contributed by atoms with Crippen molar-refractivity contribution in [3.8, 4) is 11.5 Å². The van der Waals surface area contributed by atoms with Gasteiger partial charge in [-0.2, -0.15) is 0 Å². The molecule has 1 aromatic rings. The van der Waals surface area contributed by atoms with Crippen molar-refractivity contribution in [3.63, 3.8) is 0 Å². The minimum atomic E-state index is -0.0889. The summed E-state index contributed by atoms with van der Waals surface area (Å²) in [6.45, 7) is 5.71. The van der Waals surface area contributed by atoms with Crippen LogP contribution in [-0.4, -0.2) is 32.8 Å². The maximum absolute atomic E-state index is 5.85. The Hall–Kier alpha value is -1.26. The number of likely N-dealkylation sites (N-methyl/N-ethyl adjacent to an activating group) is 1.